The van der Waals surface area contributed by atoms with Gasteiger partial charge in [-0.2, -0.15) is 0 Å². The molecule has 23 heavy (non-hydrogen) atoms. The number of nitrogens with zero attached hydrogens (tertiary/aromatic N) is 3. The minimum atomic E-state index is -0.293. The summed E-state index contributed by atoms with van der Waals surface area (Å²) in [7, 11) is 0. The van der Waals surface area contributed by atoms with Gasteiger partial charge in [-0.1, -0.05) is 13.0 Å². The third-order valence-electron chi connectivity index (χ3n) is 4.30. The lowest BCUT2D eigenvalue weighted by atomic mass is 9.81. The van der Waals surface area contributed by atoms with Crippen LogP contribution in [0.2, 0.25) is 0 Å². The maximum Gasteiger partial charge on any atom is 0.350 e. The molecule has 3 heterocycles. The number of carbonyl (C=O) groups excluding carboxylic acids is 1. The van der Waals surface area contributed by atoms with Gasteiger partial charge in [0, 0.05) is 12.7 Å². The van der Waals surface area contributed by atoms with Gasteiger partial charge in [0.15, 0.2) is 5.65 Å². The Balaban J connectivity index is 0.00000192. The SMILES string of the molecule is CC1(CNC(=O)Cn2nc3ccccn3c2=O)CCNCC1.Cl. The van der Waals surface area contributed by atoms with Crippen LogP contribution in [0.5, 0.6) is 0 Å². The highest BCUT2D eigenvalue weighted by Crippen LogP contribution is 2.26. The van der Waals surface area contributed by atoms with Crippen LogP contribution in [0, 0.1) is 5.41 Å². The van der Waals surface area contributed by atoms with Crippen molar-refractivity contribution in [3.05, 3.63) is 34.9 Å². The summed E-state index contributed by atoms with van der Waals surface area (Å²) < 4.78 is 2.64. The van der Waals surface area contributed by atoms with Crippen LogP contribution in [0.1, 0.15) is 19.8 Å². The number of pyridine rings is 1. The van der Waals surface area contributed by atoms with Crippen molar-refractivity contribution in [1.29, 1.82) is 0 Å². The Hall–Kier alpha value is -1.86. The number of aromatic nitrogens is 3. The summed E-state index contributed by atoms with van der Waals surface area (Å²) in [4.78, 5) is 24.2. The molecular weight excluding hydrogens is 318 g/mol. The molecule has 126 valence electrons. The molecule has 2 aromatic heterocycles. The zero-order chi connectivity index (χ0) is 15.6. The van der Waals surface area contributed by atoms with E-state index < -0.39 is 0 Å². The maximum atomic E-state index is 12.1. The van der Waals surface area contributed by atoms with Crippen LogP contribution in [0.25, 0.3) is 5.65 Å². The molecule has 1 aliphatic rings. The fourth-order valence-corrected chi connectivity index (χ4v) is 2.78. The van der Waals surface area contributed by atoms with E-state index in [0.29, 0.717) is 12.2 Å². The second-order valence-corrected chi connectivity index (χ2v) is 6.21. The summed E-state index contributed by atoms with van der Waals surface area (Å²) in [6, 6.07) is 5.31. The molecule has 1 amide bonds. The molecule has 0 unspecified atom stereocenters. The van der Waals surface area contributed by atoms with Crippen LogP contribution in [0.3, 0.4) is 0 Å². The zero-order valence-corrected chi connectivity index (χ0v) is 13.9. The van der Waals surface area contributed by atoms with Crippen LogP contribution >= 0.6 is 12.4 Å². The number of fused-ring (bicyclic) bond motifs is 1. The average molecular weight is 340 g/mol. The fourth-order valence-electron chi connectivity index (χ4n) is 2.78. The van der Waals surface area contributed by atoms with E-state index in [4.69, 9.17) is 0 Å². The molecule has 0 bridgehead atoms. The molecule has 2 aromatic rings. The summed E-state index contributed by atoms with van der Waals surface area (Å²) in [6.45, 7) is 4.74. The number of rotatable bonds is 4. The minimum absolute atomic E-state index is 0. The quantitative estimate of drug-likeness (QED) is 0.846. The number of nitrogens with one attached hydrogen (secondary N) is 2. The van der Waals surface area contributed by atoms with Crippen molar-refractivity contribution in [3.8, 4) is 0 Å². The minimum Gasteiger partial charge on any atom is -0.354 e. The smallest absolute Gasteiger partial charge is 0.350 e. The lowest BCUT2D eigenvalue weighted by Gasteiger charge is -2.34. The van der Waals surface area contributed by atoms with E-state index in [2.05, 4.69) is 22.7 Å². The number of hydrogen-bond donors (Lipinski definition) is 2. The molecule has 1 aliphatic heterocycles. The van der Waals surface area contributed by atoms with Crippen molar-refractivity contribution in [2.45, 2.75) is 26.3 Å². The van der Waals surface area contributed by atoms with Gasteiger partial charge in [0.1, 0.15) is 6.54 Å². The van der Waals surface area contributed by atoms with Gasteiger partial charge < -0.3 is 10.6 Å². The van der Waals surface area contributed by atoms with Gasteiger partial charge in [-0.25, -0.2) is 9.48 Å². The highest BCUT2D eigenvalue weighted by atomic mass is 35.5. The Labute approximate surface area is 140 Å². The Morgan fingerprint density at radius 3 is 2.83 bits per heavy atom. The number of hydrogen-bond acceptors (Lipinski definition) is 4. The topological polar surface area (TPSA) is 80.4 Å². The first kappa shape index (κ1) is 17.5. The molecule has 0 atom stereocenters. The molecule has 7 nitrogen and oxygen atoms in total. The Bertz CT molecular complexity index is 733. The second-order valence-electron chi connectivity index (χ2n) is 6.21. The van der Waals surface area contributed by atoms with Crippen molar-refractivity contribution in [2.75, 3.05) is 19.6 Å². The van der Waals surface area contributed by atoms with Gasteiger partial charge in [-0.15, -0.1) is 17.5 Å². The van der Waals surface area contributed by atoms with E-state index in [-0.39, 0.29) is 36.0 Å². The van der Waals surface area contributed by atoms with E-state index in [1.807, 2.05) is 6.07 Å². The summed E-state index contributed by atoms with van der Waals surface area (Å²) >= 11 is 0. The fraction of sp³-hybridized carbons (Fsp3) is 0.533. The second kappa shape index (κ2) is 7.14. The number of piperidine rings is 1. The number of amides is 1. The van der Waals surface area contributed by atoms with E-state index in [1.54, 1.807) is 18.3 Å². The largest absolute Gasteiger partial charge is 0.354 e. The Morgan fingerprint density at radius 2 is 2.13 bits per heavy atom. The van der Waals surface area contributed by atoms with Crippen LogP contribution < -0.4 is 16.3 Å². The van der Waals surface area contributed by atoms with E-state index in [0.717, 1.165) is 25.9 Å². The van der Waals surface area contributed by atoms with Crippen LogP contribution in [-0.2, 0) is 11.3 Å². The van der Waals surface area contributed by atoms with Crippen molar-refractivity contribution < 1.29 is 4.79 Å². The van der Waals surface area contributed by atoms with Crippen LogP contribution in [0.4, 0.5) is 0 Å². The average Bonchev–Trinajstić information content (AvgIpc) is 2.83. The van der Waals surface area contributed by atoms with Crippen LogP contribution in [0.15, 0.2) is 29.2 Å². The van der Waals surface area contributed by atoms with E-state index in [1.165, 1.54) is 9.08 Å². The number of carbonyl (C=O) groups is 1. The number of halogens is 1. The normalized spacial score (nSPS) is 16.7. The zero-order valence-electron chi connectivity index (χ0n) is 13.1. The first-order valence-corrected chi connectivity index (χ1v) is 7.59. The van der Waals surface area contributed by atoms with Crippen molar-refractivity contribution >= 4 is 24.0 Å². The molecule has 0 aromatic carbocycles. The van der Waals surface area contributed by atoms with Gasteiger partial charge in [0.05, 0.1) is 0 Å². The molecular formula is C15H22ClN5O2. The molecule has 1 saturated heterocycles. The monoisotopic (exact) mass is 339 g/mol. The molecule has 3 rings (SSSR count). The summed E-state index contributed by atoms with van der Waals surface area (Å²) in [5.74, 6) is -0.176. The third-order valence-corrected chi connectivity index (χ3v) is 4.30. The lowest BCUT2D eigenvalue weighted by Crippen LogP contribution is -2.44. The molecule has 0 aliphatic carbocycles. The maximum absolute atomic E-state index is 12.1. The summed E-state index contributed by atoms with van der Waals surface area (Å²) in [5, 5.41) is 10.4. The Morgan fingerprint density at radius 1 is 1.39 bits per heavy atom. The van der Waals surface area contributed by atoms with Gasteiger partial charge in [-0.3, -0.25) is 9.20 Å². The standard InChI is InChI=1S/C15H21N5O2.ClH/c1-15(5-7-16-8-6-15)11-17-13(21)10-20-14(22)19-9-3-2-4-12(19)18-20;/h2-4,9,16H,5-8,10-11H2,1H3,(H,17,21);1H. The summed E-state index contributed by atoms with van der Waals surface area (Å²) in [5.41, 5.74) is 0.384. The van der Waals surface area contributed by atoms with Crippen molar-refractivity contribution in [2.24, 2.45) is 5.41 Å². The third kappa shape index (κ3) is 3.92. The van der Waals surface area contributed by atoms with Crippen molar-refractivity contribution in [3.63, 3.8) is 0 Å². The van der Waals surface area contributed by atoms with Gasteiger partial charge in [-0.05, 0) is 43.5 Å². The van der Waals surface area contributed by atoms with Crippen LogP contribution in [-0.4, -0.2) is 39.7 Å². The van der Waals surface area contributed by atoms with E-state index in [9.17, 15) is 9.59 Å². The molecule has 0 spiro atoms. The van der Waals surface area contributed by atoms with Gasteiger partial charge in [0.2, 0.25) is 5.91 Å². The molecule has 8 heteroatoms. The Kier molecular flexibility index (Phi) is 5.43. The summed E-state index contributed by atoms with van der Waals surface area (Å²) in [6.07, 6.45) is 3.73. The first-order chi connectivity index (χ1) is 10.6. The molecule has 0 radical (unpaired) electrons. The van der Waals surface area contributed by atoms with Gasteiger partial charge >= 0.3 is 5.69 Å². The predicted octanol–water partition coefficient (Wildman–Crippen LogP) is 0.424. The molecule has 1 fully saturated rings. The lowest BCUT2D eigenvalue weighted by molar-refractivity contribution is -0.122. The van der Waals surface area contributed by atoms with Crippen molar-refractivity contribution in [1.82, 2.24) is 24.8 Å². The molecule has 2 N–H and O–H groups in total. The first-order valence-electron chi connectivity index (χ1n) is 7.59. The predicted molar refractivity (Wildman–Crippen MR) is 89.9 cm³/mol. The van der Waals surface area contributed by atoms with Gasteiger partial charge in [0.25, 0.3) is 0 Å². The van der Waals surface area contributed by atoms with E-state index >= 15 is 0 Å². The highest BCUT2D eigenvalue weighted by molar-refractivity contribution is 5.85. The highest BCUT2D eigenvalue weighted by Gasteiger charge is 2.27. The molecule has 0 saturated carbocycles.